The smallest absolute Gasteiger partial charge is 0.125 e. The van der Waals surface area contributed by atoms with Crippen molar-refractivity contribution in [1.82, 2.24) is 19.6 Å². The van der Waals surface area contributed by atoms with E-state index in [1.165, 1.54) is 0 Å². The predicted octanol–water partition coefficient (Wildman–Crippen LogP) is 2.81. The first-order valence-corrected chi connectivity index (χ1v) is 6.85. The maximum Gasteiger partial charge on any atom is 0.125 e. The van der Waals surface area contributed by atoms with Gasteiger partial charge in [-0.25, -0.2) is 0 Å². The van der Waals surface area contributed by atoms with Crippen molar-refractivity contribution in [3.63, 3.8) is 0 Å². The summed E-state index contributed by atoms with van der Waals surface area (Å²) in [7, 11) is 0. The summed E-state index contributed by atoms with van der Waals surface area (Å²) in [6.07, 6.45) is 5.29. The van der Waals surface area contributed by atoms with Crippen molar-refractivity contribution in [3.05, 3.63) is 34.9 Å². The fraction of sp³-hybridized carbons (Fsp3) is 0.538. The molecule has 5 nitrogen and oxygen atoms in total. The molecule has 2 aromatic rings. The van der Waals surface area contributed by atoms with Crippen molar-refractivity contribution in [3.8, 4) is 0 Å². The number of aliphatic hydroxyl groups excluding tert-OH is 1. The van der Waals surface area contributed by atoms with Crippen LogP contribution in [-0.4, -0.2) is 24.7 Å². The lowest BCUT2D eigenvalue weighted by atomic mass is 10.1. The highest BCUT2D eigenvalue weighted by atomic mass is 35.5. The van der Waals surface area contributed by atoms with Gasteiger partial charge in [-0.05, 0) is 20.3 Å². The van der Waals surface area contributed by atoms with Gasteiger partial charge in [0.05, 0.1) is 23.1 Å². The zero-order chi connectivity index (χ0) is 14.0. The van der Waals surface area contributed by atoms with E-state index in [4.69, 9.17) is 11.6 Å². The summed E-state index contributed by atoms with van der Waals surface area (Å²) in [5.41, 5.74) is 1.35. The van der Waals surface area contributed by atoms with Gasteiger partial charge in [0, 0.05) is 24.3 Å². The Morgan fingerprint density at radius 1 is 1.32 bits per heavy atom. The van der Waals surface area contributed by atoms with Crippen LogP contribution < -0.4 is 0 Å². The molecule has 0 fully saturated rings. The third-order valence-electron chi connectivity index (χ3n) is 2.96. The van der Waals surface area contributed by atoms with E-state index < -0.39 is 6.10 Å². The van der Waals surface area contributed by atoms with Gasteiger partial charge in [0.2, 0.25) is 0 Å². The molecule has 0 spiro atoms. The number of hydrogen-bond donors (Lipinski definition) is 1. The summed E-state index contributed by atoms with van der Waals surface area (Å²) < 4.78 is 3.56. The Labute approximate surface area is 117 Å². The van der Waals surface area contributed by atoms with Crippen LogP contribution in [0.3, 0.4) is 0 Å². The SMILES string of the molecule is CCCn1cc(C(O)c2c(Cl)cnn2C(C)C)cn1. The zero-order valence-electron chi connectivity index (χ0n) is 11.4. The predicted molar refractivity (Wildman–Crippen MR) is 74.2 cm³/mol. The molecule has 0 aliphatic heterocycles. The van der Waals surface area contributed by atoms with Gasteiger partial charge >= 0.3 is 0 Å². The average molecular weight is 283 g/mol. The standard InChI is InChI=1S/C13H19ClN4O/c1-4-5-17-8-10(6-15-17)13(19)12-11(14)7-16-18(12)9(2)3/h6-9,13,19H,4-5H2,1-3H3. The molecule has 0 saturated heterocycles. The van der Waals surface area contributed by atoms with Crippen molar-refractivity contribution in [2.24, 2.45) is 0 Å². The number of nitrogens with zero attached hydrogens (tertiary/aromatic N) is 4. The number of aliphatic hydroxyl groups is 1. The largest absolute Gasteiger partial charge is 0.382 e. The molecule has 19 heavy (non-hydrogen) atoms. The molecule has 1 N–H and O–H groups in total. The maximum atomic E-state index is 10.5. The maximum absolute atomic E-state index is 10.5. The molecule has 0 amide bonds. The lowest BCUT2D eigenvalue weighted by Gasteiger charge is -2.15. The number of halogens is 1. The third-order valence-corrected chi connectivity index (χ3v) is 3.25. The van der Waals surface area contributed by atoms with Gasteiger partial charge in [-0.15, -0.1) is 0 Å². The van der Waals surface area contributed by atoms with Crippen molar-refractivity contribution in [1.29, 1.82) is 0 Å². The number of rotatable bonds is 5. The summed E-state index contributed by atoms with van der Waals surface area (Å²) >= 11 is 6.13. The van der Waals surface area contributed by atoms with Crippen LogP contribution in [0.5, 0.6) is 0 Å². The van der Waals surface area contributed by atoms with Gasteiger partial charge in [0.15, 0.2) is 0 Å². The summed E-state index contributed by atoms with van der Waals surface area (Å²) in [4.78, 5) is 0. The highest BCUT2D eigenvalue weighted by Crippen LogP contribution is 2.29. The van der Waals surface area contributed by atoms with Crippen molar-refractivity contribution < 1.29 is 5.11 Å². The second kappa shape index (κ2) is 5.75. The minimum atomic E-state index is -0.803. The van der Waals surface area contributed by atoms with E-state index in [9.17, 15) is 5.11 Å². The zero-order valence-corrected chi connectivity index (χ0v) is 12.2. The van der Waals surface area contributed by atoms with Crippen molar-refractivity contribution >= 4 is 11.6 Å². The average Bonchev–Trinajstić information content (AvgIpc) is 2.95. The number of aromatic nitrogens is 4. The van der Waals surface area contributed by atoms with E-state index >= 15 is 0 Å². The molecule has 0 aromatic carbocycles. The molecule has 2 heterocycles. The highest BCUT2D eigenvalue weighted by Gasteiger charge is 2.22. The van der Waals surface area contributed by atoms with Crippen LogP contribution in [0.25, 0.3) is 0 Å². The van der Waals surface area contributed by atoms with Gasteiger partial charge in [-0.3, -0.25) is 9.36 Å². The molecule has 104 valence electrons. The molecular formula is C13H19ClN4O. The Morgan fingerprint density at radius 3 is 2.68 bits per heavy atom. The molecule has 0 aliphatic carbocycles. The number of aryl methyl sites for hydroxylation is 1. The lowest BCUT2D eigenvalue weighted by Crippen LogP contribution is -2.12. The summed E-state index contributed by atoms with van der Waals surface area (Å²) in [5, 5.41) is 19.4. The van der Waals surface area contributed by atoms with E-state index in [0.29, 0.717) is 10.7 Å². The minimum absolute atomic E-state index is 0.142. The molecule has 2 rings (SSSR count). The first-order valence-electron chi connectivity index (χ1n) is 6.47. The number of hydrogen-bond acceptors (Lipinski definition) is 3. The van der Waals surface area contributed by atoms with Crippen LogP contribution in [0.4, 0.5) is 0 Å². The van der Waals surface area contributed by atoms with Gasteiger partial charge in [0.1, 0.15) is 6.10 Å². The molecule has 0 aliphatic rings. The summed E-state index contributed by atoms with van der Waals surface area (Å²) in [6.45, 7) is 6.92. The molecule has 1 unspecified atom stereocenters. The van der Waals surface area contributed by atoms with Gasteiger partial charge in [0.25, 0.3) is 0 Å². The molecule has 0 saturated carbocycles. The Kier molecular flexibility index (Phi) is 4.27. The highest BCUT2D eigenvalue weighted by molar-refractivity contribution is 6.31. The van der Waals surface area contributed by atoms with Crippen molar-refractivity contribution in [2.45, 2.75) is 45.9 Å². The third kappa shape index (κ3) is 2.82. The van der Waals surface area contributed by atoms with Crippen LogP contribution in [0, 0.1) is 0 Å². The van der Waals surface area contributed by atoms with E-state index in [1.54, 1.807) is 17.1 Å². The lowest BCUT2D eigenvalue weighted by molar-refractivity contribution is 0.205. The normalized spacial score (nSPS) is 13.2. The molecule has 0 radical (unpaired) electrons. The Balaban J connectivity index is 2.32. The first kappa shape index (κ1) is 14.1. The molecule has 2 aromatic heterocycles. The Morgan fingerprint density at radius 2 is 2.05 bits per heavy atom. The van der Waals surface area contributed by atoms with Crippen LogP contribution >= 0.6 is 11.6 Å². The van der Waals surface area contributed by atoms with Gasteiger partial charge < -0.3 is 5.11 Å². The topological polar surface area (TPSA) is 55.9 Å². The quantitative estimate of drug-likeness (QED) is 0.917. The van der Waals surface area contributed by atoms with E-state index in [2.05, 4.69) is 17.1 Å². The summed E-state index contributed by atoms with van der Waals surface area (Å²) in [6, 6.07) is 0.142. The second-order valence-electron chi connectivity index (χ2n) is 4.86. The van der Waals surface area contributed by atoms with Crippen molar-refractivity contribution in [2.75, 3.05) is 0 Å². The Hall–Kier alpha value is -1.33. The van der Waals surface area contributed by atoms with Gasteiger partial charge in [-0.2, -0.15) is 10.2 Å². The minimum Gasteiger partial charge on any atom is -0.382 e. The second-order valence-corrected chi connectivity index (χ2v) is 5.26. The van der Waals surface area contributed by atoms with Crippen LogP contribution in [0.2, 0.25) is 5.02 Å². The van der Waals surface area contributed by atoms with E-state index in [1.807, 2.05) is 24.7 Å². The molecule has 1 atom stereocenters. The first-order chi connectivity index (χ1) is 9.04. The van der Waals surface area contributed by atoms with E-state index in [0.717, 1.165) is 18.5 Å². The fourth-order valence-corrected chi connectivity index (χ4v) is 2.28. The van der Waals surface area contributed by atoms with E-state index in [-0.39, 0.29) is 6.04 Å². The molecule has 0 bridgehead atoms. The molecule has 6 heteroatoms. The Bertz CT molecular complexity index is 547. The fourth-order valence-electron chi connectivity index (χ4n) is 2.05. The van der Waals surface area contributed by atoms with Crippen LogP contribution in [0.1, 0.15) is 50.6 Å². The van der Waals surface area contributed by atoms with Gasteiger partial charge in [-0.1, -0.05) is 18.5 Å². The summed E-state index contributed by atoms with van der Waals surface area (Å²) in [5.74, 6) is 0. The van der Waals surface area contributed by atoms with Crippen LogP contribution in [0.15, 0.2) is 18.6 Å². The van der Waals surface area contributed by atoms with Crippen LogP contribution in [-0.2, 0) is 6.54 Å². The monoisotopic (exact) mass is 282 g/mol. The molecular weight excluding hydrogens is 264 g/mol.